The number of nitrogens with one attached hydrogen (secondary N) is 1. The minimum Gasteiger partial charge on any atom is -0.497 e. The first-order valence-corrected chi connectivity index (χ1v) is 7.22. The molecule has 2 aromatic carbocycles. The SMILES string of the molecule is CCNC(Cc1ccc(OC)cc1)c1cccc(Cl)c1. The molecule has 20 heavy (non-hydrogen) atoms. The fourth-order valence-corrected chi connectivity index (χ4v) is 2.47. The molecule has 0 saturated carbocycles. The van der Waals surface area contributed by atoms with Gasteiger partial charge in [-0.3, -0.25) is 0 Å². The number of methoxy groups -OCH3 is 1. The maximum atomic E-state index is 6.09. The van der Waals surface area contributed by atoms with Crippen molar-refractivity contribution in [2.75, 3.05) is 13.7 Å². The van der Waals surface area contributed by atoms with Gasteiger partial charge in [0.1, 0.15) is 5.75 Å². The van der Waals surface area contributed by atoms with Crippen LogP contribution in [0.4, 0.5) is 0 Å². The van der Waals surface area contributed by atoms with Crippen LogP contribution in [0.1, 0.15) is 24.1 Å². The van der Waals surface area contributed by atoms with Gasteiger partial charge in [-0.2, -0.15) is 0 Å². The predicted octanol–water partition coefficient (Wildman–Crippen LogP) is 4.24. The van der Waals surface area contributed by atoms with E-state index < -0.39 is 0 Å². The molecule has 1 N–H and O–H groups in total. The molecule has 0 spiro atoms. The summed E-state index contributed by atoms with van der Waals surface area (Å²) in [7, 11) is 1.68. The summed E-state index contributed by atoms with van der Waals surface area (Å²) in [5, 5.41) is 4.29. The molecular weight excluding hydrogens is 270 g/mol. The van der Waals surface area contributed by atoms with Gasteiger partial charge in [-0.25, -0.2) is 0 Å². The van der Waals surface area contributed by atoms with Crippen LogP contribution >= 0.6 is 11.6 Å². The van der Waals surface area contributed by atoms with Gasteiger partial charge >= 0.3 is 0 Å². The van der Waals surface area contributed by atoms with Crippen LogP contribution in [0.15, 0.2) is 48.5 Å². The van der Waals surface area contributed by atoms with Crippen LogP contribution in [0.5, 0.6) is 5.75 Å². The fraction of sp³-hybridized carbons (Fsp3) is 0.294. The van der Waals surface area contributed by atoms with Crippen LogP contribution in [-0.2, 0) is 6.42 Å². The number of hydrogen-bond acceptors (Lipinski definition) is 2. The zero-order valence-corrected chi connectivity index (χ0v) is 12.7. The van der Waals surface area contributed by atoms with Gasteiger partial charge in [0.05, 0.1) is 7.11 Å². The van der Waals surface area contributed by atoms with Crippen molar-refractivity contribution < 1.29 is 4.74 Å². The molecule has 2 nitrogen and oxygen atoms in total. The Kier molecular flexibility index (Phi) is 5.45. The number of benzene rings is 2. The molecule has 0 amide bonds. The molecule has 0 aliphatic carbocycles. The van der Waals surface area contributed by atoms with E-state index in [0.717, 1.165) is 23.7 Å². The number of halogens is 1. The van der Waals surface area contributed by atoms with Gasteiger partial charge in [-0.15, -0.1) is 0 Å². The second-order valence-electron chi connectivity index (χ2n) is 4.72. The Hall–Kier alpha value is -1.51. The molecule has 0 fully saturated rings. The third-order valence-electron chi connectivity index (χ3n) is 3.30. The molecule has 1 atom stereocenters. The summed E-state index contributed by atoms with van der Waals surface area (Å²) < 4.78 is 5.19. The number of ether oxygens (including phenoxy) is 1. The van der Waals surface area contributed by atoms with Gasteiger partial charge in [0.25, 0.3) is 0 Å². The average Bonchev–Trinajstić information content (AvgIpc) is 2.47. The zero-order chi connectivity index (χ0) is 14.4. The van der Waals surface area contributed by atoms with Crippen molar-refractivity contribution in [3.8, 4) is 5.75 Å². The molecule has 2 aromatic rings. The summed E-state index contributed by atoms with van der Waals surface area (Å²) in [6.07, 6.45) is 0.929. The highest BCUT2D eigenvalue weighted by atomic mass is 35.5. The summed E-state index contributed by atoms with van der Waals surface area (Å²) in [4.78, 5) is 0. The largest absolute Gasteiger partial charge is 0.497 e. The van der Waals surface area contributed by atoms with Crippen LogP contribution in [0.2, 0.25) is 5.02 Å². The Labute approximate surface area is 125 Å². The molecule has 1 unspecified atom stereocenters. The molecule has 0 saturated heterocycles. The molecule has 106 valence electrons. The van der Waals surface area contributed by atoms with Crippen molar-refractivity contribution in [1.29, 1.82) is 0 Å². The van der Waals surface area contributed by atoms with Crippen LogP contribution in [0.25, 0.3) is 0 Å². The van der Waals surface area contributed by atoms with Gasteiger partial charge in [0.2, 0.25) is 0 Å². The normalized spacial score (nSPS) is 12.2. The summed E-state index contributed by atoms with van der Waals surface area (Å²) in [6.45, 7) is 3.04. The first-order valence-electron chi connectivity index (χ1n) is 6.84. The van der Waals surface area contributed by atoms with E-state index in [-0.39, 0.29) is 6.04 Å². The topological polar surface area (TPSA) is 21.3 Å². The van der Waals surface area contributed by atoms with Crippen molar-refractivity contribution >= 4 is 11.6 Å². The van der Waals surface area contributed by atoms with E-state index >= 15 is 0 Å². The third-order valence-corrected chi connectivity index (χ3v) is 3.54. The van der Waals surface area contributed by atoms with E-state index in [1.807, 2.05) is 30.3 Å². The number of likely N-dealkylation sites (N-methyl/N-ethyl adjacent to an activating group) is 1. The molecule has 0 bridgehead atoms. The lowest BCUT2D eigenvalue weighted by atomic mass is 9.99. The Bertz CT molecular complexity index is 539. The third kappa shape index (κ3) is 3.99. The van der Waals surface area contributed by atoms with Gasteiger partial charge in [0.15, 0.2) is 0 Å². The van der Waals surface area contributed by atoms with Gasteiger partial charge in [0, 0.05) is 11.1 Å². The van der Waals surface area contributed by atoms with Gasteiger partial charge < -0.3 is 10.1 Å². The molecular formula is C17H20ClNO. The lowest BCUT2D eigenvalue weighted by Gasteiger charge is -2.19. The highest BCUT2D eigenvalue weighted by Crippen LogP contribution is 2.22. The molecule has 0 aromatic heterocycles. The second-order valence-corrected chi connectivity index (χ2v) is 5.15. The lowest BCUT2D eigenvalue weighted by Crippen LogP contribution is -2.22. The summed E-state index contributed by atoms with van der Waals surface area (Å²) >= 11 is 6.09. The molecule has 0 aliphatic heterocycles. The van der Waals surface area contributed by atoms with Gasteiger partial charge in [-0.05, 0) is 48.4 Å². The Balaban J connectivity index is 2.16. The van der Waals surface area contributed by atoms with E-state index in [9.17, 15) is 0 Å². The monoisotopic (exact) mass is 289 g/mol. The molecule has 3 heteroatoms. The van der Waals surface area contributed by atoms with Crippen LogP contribution in [-0.4, -0.2) is 13.7 Å². The summed E-state index contributed by atoms with van der Waals surface area (Å²) in [5.74, 6) is 0.886. The van der Waals surface area contributed by atoms with Crippen molar-refractivity contribution in [2.24, 2.45) is 0 Å². The Morgan fingerprint density at radius 3 is 2.50 bits per heavy atom. The quantitative estimate of drug-likeness (QED) is 0.859. The van der Waals surface area contributed by atoms with Crippen LogP contribution < -0.4 is 10.1 Å². The van der Waals surface area contributed by atoms with E-state index in [0.29, 0.717) is 0 Å². The van der Waals surface area contributed by atoms with Gasteiger partial charge in [-0.1, -0.05) is 42.8 Å². The minimum atomic E-state index is 0.270. The van der Waals surface area contributed by atoms with Crippen molar-refractivity contribution in [2.45, 2.75) is 19.4 Å². The van der Waals surface area contributed by atoms with E-state index in [1.54, 1.807) is 7.11 Å². The van der Waals surface area contributed by atoms with Crippen molar-refractivity contribution in [3.63, 3.8) is 0 Å². The molecule has 0 aliphatic rings. The van der Waals surface area contributed by atoms with E-state index in [2.05, 4.69) is 30.4 Å². The first-order chi connectivity index (χ1) is 9.72. The van der Waals surface area contributed by atoms with Crippen molar-refractivity contribution in [1.82, 2.24) is 5.32 Å². The van der Waals surface area contributed by atoms with Crippen LogP contribution in [0.3, 0.4) is 0 Å². The highest BCUT2D eigenvalue weighted by molar-refractivity contribution is 6.30. The van der Waals surface area contributed by atoms with Crippen molar-refractivity contribution in [3.05, 3.63) is 64.7 Å². The molecule has 0 heterocycles. The second kappa shape index (κ2) is 7.32. The van der Waals surface area contributed by atoms with E-state index in [1.165, 1.54) is 11.1 Å². The van der Waals surface area contributed by atoms with E-state index in [4.69, 9.17) is 16.3 Å². The maximum absolute atomic E-state index is 6.09. The molecule has 2 rings (SSSR count). The highest BCUT2D eigenvalue weighted by Gasteiger charge is 2.11. The standard InChI is InChI=1S/C17H20ClNO/c1-3-19-17(14-5-4-6-15(18)12-14)11-13-7-9-16(20-2)10-8-13/h4-10,12,17,19H,3,11H2,1-2H3. The minimum absolute atomic E-state index is 0.270. The average molecular weight is 290 g/mol. The Morgan fingerprint density at radius 1 is 1.15 bits per heavy atom. The fourth-order valence-electron chi connectivity index (χ4n) is 2.27. The van der Waals surface area contributed by atoms with Crippen LogP contribution in [0, 0.1) is 0 Å². The first kappa shape index (κ1) is 14.9. The zero-order valence-electron chi connectivity index (χ0n) is 11.9. The maximum Gasteiger partial charge on any atom is 0.118 e. The smallest absolute Gasteiger partial charge is 0.118 e. The number of rotatable bonds is 6. The Morgan fingerprint density at radius 2 is 1.90 bits per heavy atom. The number of hydrogen-bond donors (Lipinski definition) is 1. The summed E-state index contributed by atoms with van der Waals surface area (Å²) in [5.41, 5.74) is 2.49. The molecule has 0 radical (unpaired) electrons. The predicted molar refractivity (Wildman–Crippen MR) is 84.6 cm³/mol. The summed E-state index contributed by atoms with van der Waals surface area (Å²) in [6, 6.07) is 16.5. The lowest BCUT2D eigenvalue weighted by molar-refractivity contribution is 0.414.